The number of rotatable bonds is 6. The van der Waals surface area contributed by atoms with Gasteiger partial charge < -0.3 is 15.2 Å². The molecule has 0 fully saturated rings. The zero-order chi connectivity index (χ0) is 17.1. The van der Waals surface area contributed by atoms with Gasteiger partial charge in [0.05, 0.1) is 23.2 Å². The first kappa shape index (κ1) is 15.9. The second-order valence-electron chi connectivity index (χ2n) is 5.28. The van der Waals surface area contributed by atoms with Gasteiger partial charge in [0.25, 0.3) is 5.69 Å². The molecule has 2 aromatic carbocycles. The van der Waals surface area contributed by atoms with Gasteiger partial charge >= 0.3 is 0 Å². The number of aliphatic hydroxyl groups excluding tert-OH is 1. The lowest BCUT2D eigenvalue weighted by molar-refractivity contribution is -0.383. The van der Waals surface area contributed by atoms with Crippen molar-refractivity contribution in [1.82, 2.24) is 4.98 Å². The molecule has 0 amide bonds. The molecule has 24 heavy (non-hydrogen) atoms. The summed E-state index contributed by atoms with van der Waals surface area (Å²) < 4.78 is 5.34. The van der Waals surface area contributed by atoms with Crippen molar-refractivity contribution in [2.45, 2.75) is 6.42 Å². The Bertz CT molecular complexity index is 911. The topological polar surface area (TPSA) is 97.5 Å². The van der Waals surface area contributed by atoms with E-state index in [1.54, 1.807) is 6.07 Å². The summed E-state index contributed by atoms with van der Waals surface area (Å²) >= 11 is 0. The third-order valence-corrected chi connectivity index (χ3v) is 3.83. The highest BCUT2D eigenvalue weighted by molar-refractivity contribution is 6.12. The van der Waals surface area contributed by atoms with Crippen molar-refractivity contribution in [2.24, 2.45) is 0 Å². The Balaban J connectivity index is 2.40. The van der Waals surface area contributed by atoms with Crippen LogP contribution in [0.4, 0.5) is 11.4 Å². The van der Waals surface area contributed by atoms with Crippen LogP contribution in [0, 0.1) is 10.1 Å². The van der Waals surface area contributed by atoms with Crippen LogP contribution < -0.4 is 10.1 Å². The molecule has 1 aromatic heterocycles. The minimum Gasteiger partial charge on any atom is -0.494 e. The number of anilines is 1. The standard InChI is InChI=1S/C17H17N3O4/c1-24-14-8-7-13(20(22)23)15-16(18-9-4-10-21)11-5-2-3-6-12(11)19-17(14)15/h2-3,5-8,21H,4,9-10H2,1H3,(H,18,19). The maximum Gasteiger partial charge on any atom is 0.281 e. The van der Waals surface area contributed by atoms with E-state index in [2.05, 4.69) is 10.3 Å². The van der Waals surface area contributed by atoms with Gasteiger partial charge in [0.15, 0.2) is 0 Å². The fourth-order valence-corrected chi connectivity index (χ4v) is 2.75. The number of benzene rings is 2. The maximum atomic E-state index is 11.5. The Kier molecular flexibility index (Phi) is 4.43. The number of hydrogen-bond donors (Lipinski definition) is 2. The average Bonchev–Trinajstić information content (AvgIpc) is 2.60. The number of nitrogens with zero attached hydrogens (tertiary/aromatic N) is 2. The Morgan fingerprint density at radius 1 is 1.29 bits per heavy atom. The Morgan fingerprint density at radius 2 is 2.08 bits per heavy atom. The van der Waals surface area contributed by atoms with E-state index in [1.807, 2.05) is 24.3 Å². The van der Waals surface area contributed by atoms with Gasteiger partial charge in [-0.25, -0.2) is 4.98 Å². The average molecular weight is 327 g/mol. The van der Waals surface area contributed by atoms with Crippen molar-refractivity contribution in [2.75, 3.05) is 25.6 Å². The largest absolute Gasteiger partial charge is 0.494 e. The highest BCUT2D eigenvalue weighted by atomic mass is 16.6. The van der Waals surface area contributed by atoms with Gasteiger partial charge in [-0.2, -0.15) is 0 Å². The molecule has 3 rings (SSSR count). The van der Waals surface area contributed by atoms with E-state index in [0.717, 1.165) is 10.9 Å². The number of aliphatic hydroxyl groups is 1. The number of nitro benzene ring substituents is 1. The van der Waals surface area contributed by atoms with E-state index in [1.165, 1.54) is 13.2 Å². The van der Waals surface area contributed by atoms with Crippen molar-refractivity contribution in [3.8, 4) is 5.75 Å². The molecule has 2 N–H and O–H groups in total. The normalized spacial score (nSPS) is 10.9. The first-order valence-electron chi connectivity index (χ1n) is 7.56. The predicted molar refractivity (Wildman–Crippen MR) is 92.6 cm³/mol. The lowest BCUT2D eigenvalue weighted by Gasteiger charge is -2.14. The number of para-hydroxylation sites is 1. The van der Waals surface area contributed by atoms with Gasteiger partial charge in [-0.3, -0.25) is 10.1 Å². The number of non-ortho nitro benzene ring substituents is 1. The monoisotopic (exact) mass is 327 g/mol. The molecule has 0 aliphatic carbocycles. The van der Waals surface area contributed by atoms with Crippen LogP contribution in [0.2, 0.25) is 0 Å². The van der Waals surface area contributed by atoms with Crippen molar-refractivity contribution in [1.29, 1.82) is 0 Å². The van der Waals surface area contributed by atoms with Crippen molar-refractivity contribution < 1.29 is 14.8 Å². The third-order valence-electron chi connectivity index (χ3n) is 3.83. The number of ether oxygens (including phenoxy) is 1. The molecule has 7 heteroatoms. The van der Waals surface area contributed by atoms with Gasteiger partial charge in [-0.15, -0.1) is 0 Å². The molecule has 0 atom stereocenters. The third kappa shape index (κ3) is 2.69. The molecule has 124 valence electrons. The van der Waals surface area contributed by atoms with E-state index in [0.29, 0.717) is 35.3 Å². The molecule has 0 bridgehead atoms. The molecule has 1 heterocycles. The molecule has 0 radical (unpaired) electrons. The molecule has 0 unspecified atom stereocenters. The quantitative estimate of drug-likeness (QED) is 0.312. The Hall–Kier alpha value is -2.93. The van der Waals surface area contributed by atoms with Gasteiger partial charge in [0, 0.05) is 24.6 Å². The van der Waals surface area contributed by atoms with E-state index >= 15 is 0 Å². The van der Waals surface area contributed by atoms with Crippen LogP contribution in [0.5, 0.6) is 5.75 Å². The molecule has 0 saturated carbocycles. The SMILES string of the molecule is COc1ccc([N+](=O)[O-])c2c(NCCCO)c3ccccc3nc12. The second kappa shape index (κ2) is 6.67. The lowest BCUT2D eigenvalue weighted by Crippen LogP contribution is -2.06. The highest BCUT2D eigenvalue weighted by Gasteiger charge is 2.21. The summed E-state index contributed by atoms with van der Waals surface area (Å²) in [5.74, 6) is 0.478. The van der Waals surface area contributed by atoms with Gasteiger partial charge in [0.2, 0.25) is 0 Å². The zero-order valence-electron chi connectivity index (χ0n) is 13.2. The van der Waals surface area contributed by atoms with Crippen LogP contribution in [0.25, 0.3) is 21.8 Å². The van der Waals surface area contributed by atoms with Crippen molar-refractivity contribution >= 4 is 33.2 Å². The molecular weight excluding hydrogens is 310 g/mol. The van der Waals surface area contributed by atoms with Crippen molar-refractivity contribution in [3.63, 3.8) is 0 Å². The number of nitrogens with one attached hydrogen (secondary N) is 1. The van der Waals surface area contributed by atoms with Crippen LogP contribution in [-0.4, -0.2) is 35.3 Å². The lowest BCUT2D eigenvalue weighted by atomic mass is 10.1. The Labute approximate surface area is 138 Å². The summed E-state index contributed by atoms with van der Waals surface area (Å²) in [7, 11) is 1.51. The maximum absolute atomic E-state index is 11.5. The fraction of sp³-hybridized carbons (Fsp3) is 0.235. The number of fused-ring (bicyclic) bond motifs is 2. The number of aromatic nitrogens is 1. The van der Waals surface area contributed by atoms with Crippen LogP contribution in [0.3, 0.4) is 0 Å². The van der Waals surface area contributed by atoms with Crippen molar-refractivity contribution in [3.05, 3.63) is 46.5 Å². The van der Waals surface area contributed by atoms with Gasteiger partial charge in [0.1, 0.15) is 16.7 Å². The smallest absolute Gasteiger partial charge is 0.281 e. The molecule has 7 nitrogen and oxygen atoms in total. The van der Waals surface area contributed by atoms with E-state index < -0.39 is 4.92 Å². The number of pyridine rings is 1. The van der Waals surface area contributed by atoms with E-state index in [9.17, 15) is 10.1 Å². The highest BCUT2D eigenvalue weighted by Crippen LogP contribution is 2.40. The molecule has 3 aromatic rings. The number of nitro groups is 1. The number of hydrogen-bond acceptors (Lipinski definition) is 6. The summed E-state index contributed by atoms with van der Waals surface area (Å²) in [5.41, 5.74) is 1.76. The molecule has 0 saturated heterocycles. The summed E-state index contributed by atoms with van der Waals surface area (Å²) in [6.07, 6.45) is 0.538. The molecular formula is C17H17N3O4. The zero-order valence-corrected chi connectivity index (χ0v) is 13.2. The van der Waals surface area contributed by atoms with Crippen LogP contribution in [-0.2, 0) is 0 Å². The first-order chi connectivity index (χ1) is 11.7. The van der Waals surface area contributed by atoms with Crippen LogP contribution >= 0.6 is 0 Å². The summed E-state index contributed by atoms with van der Waals surface area (Å²) in [6, 6.07) is 10.4. The van der Waals surface area contributed by atoms with Crippen LogP contribution in [0.1, 0.15) is 6.42 Å². The molecule has 0 spiro atoms. The Morgan fingerprint density at radius 3 is 2.79 bits per heavy atom. The minimum absolute atomic E-state index is 0.0319. The second-order valence-corrected chi connectivity index (χ2v) is 5.28. The summed E-state index contributed by atoms with van der Waals surface area (Å²) in [6.45, 7) is 0.535. The fourth-order valence-electron chi connectivity index (χ4n) is 2.75. The van der Waals surface area contributed by atoms with E-state index in [4.69, 9.17) is 9.84 Å². The van der Waals surface area contributed by atoms with Gasteiger partial charge in [-0.1, -0.05) is 18.2 Å². The predicted octanol–water partition coefficient (Wildman–Crippen LogP) is 3.10. The van der Waals surface area contributed by atoms with Gasteiger partial charge in [-0.05, 0) is 18.6 Å². The van der Waals surface area contributed by atoms with Crippen LogP contribution in [0.15, 0.2) is 36.4 Å². The molecule has 0 aliphatic heterocycles. The minimum atomic E-state index is -0.421. The van der Waals surface area contributed by atoms with E-state index in [-0.39, 0.29) is 12.3 Å². The first-order valence-corrected chi connectivity index (χ1v) is 7.56. The molecule has 0 aliphatic rings. The summed E-state index contributed by atoms with van der Waals surface area (Å²) in [4.78, 5) is 15.6. The number of methoxy groups -OCH3 is 1. The summed E-state index contributed by atoms with van der Waals surface area (Å²) in [5, 5.41) is 24.9.